The Hall–Kier alpha value is -1.56. The van der Waals surface area contributed by atoms with Crippen molar-refractivity contribution in [1.29, 1.82) is 0 Å². The van der Waals surface area contributed by atoms with Gasteiger partial charge in [-0.2, -0.15) is 0 Å². The molecule has 0 aromatic carbocycles. The minimum atomic E-state index is -1.21. The molecule has 6 heteroatoms. The number of aliphatic carboxylic acids is 1. The van der Waals surface area contributed by atoms with Gasteiger partial charge in [0.05, 0.1) is 12.1 Å². The van der Waals surface area contributed by atoms with Crippen LogP contribution in [0.25, 0.3) is 0 Å². The molecule has 2 aliphatic heterocycles. The highest BCUT2D eigenvalue weighted by Gasteiger charge is 2.54. The van der Waals surface area contributed by atoms with Gasteiger partial charge in [-0.05, 0) is 37.2 Å². The Morgan fingerprint density at radius 1 is 1.16 bits per heavy atom. The van der Waals surface area contributed by atoms with E-state index in [9.17, 15) is 24.9 Å². The van der Waals surface area contributed by atoms with Crippen molar-refractivity contribution >= 4 is 12.1 Å². The summed E-state index contributed by atoms with van der Waals surface area (Å²) >= 11 is 0. The summed E-state index contributed by atoms with van der Waals surface area (Å²) in [7, 11) is 0. The first-order chi connectivity index (χ1) is 9.00. The Balaban J connectivity index is 1.98. The summed E-state index contributed by atoms with van der Waals surface area (Å²) in [5, 5.41) is 28.8. The lowest BCUT2D eigenvalue weighted by Crippen LogP contribution is -2.65. The van der Waals surface area contributed by atoms with Gasteiger partial charge < -0.3 is 15.3 Å². The summed E-state index contributed by atoms with van der Waals surface area (Å²) < 4.78 is 0. The molecule has 4 fully saturated rings. The largest absolute Gasteiger partial charge is 0.480 e. The number of aliphatic hydroxyl groups excluding tert-OH is 1. The van der Waals surface area contributed by atoms with Crippen molar-refractivity contribution < 1.29 is 24.9 Å². The summed E-state index contributed by atoms with van der Waals surface area (Å²) in [6, 6.07) is -1.60. The molecule has 2 saturated carbocycles. The fourth-order valence-corrected chi connectivity index (χ4v) is 3.45. The van der Waals surface area contributed by atoms with E-state index in [4.69, 9.17) is 0 Å². The maximum atomic E-state index is 11.4. The smallest absolute Gasteiger partial charge is 0.408 e. The van der Waals surface area contributed by atoms with Crippen LogP contribution in [0.15, 0.2) is 11.6 Å². The van der Waals surface area contributed by atoms with Gasteiger partial charge in [0.1, 0.15) is 6.04 Å². The summed E-state index contributed by atoms with van der Waals surface area (Å²) in [6.45, 7) is 0. The van der Waals surface area contributed by atoms with E-state index in [-0.39, 0.29) is 0 Å². The first-order valence-electron chi connectivity index (χ1n) is 6.64. The molecule has 0 aromatic heterocycles. The zero-order valence-electron chi connectivity index (χ0n) is 10.4. The molecule has 0 spiro atoms. The number of allylic oxidation sites excluding steroid dienone is 1. The molecular weight excluding hydrogens is 250 g/mol. The van der Waals surface area contributed by atoms with Crippen molar-refractivity contribution in [1.82, 2.24) is 4.90 Å². The number of amides is 1. The van der Waals surface area contributed by atoms with Crippen LogP contribution in [-0.2, 0) is 4.79 Å². The molecule has 0 aromatic rings. The molecule has 2 saturated heterocycles. The second kappa shape index (κ2) is 4.23. The zero-order valence-corrected chi connectivity index (χ0v) is 10.4. The number of hydrogen-bond donors (Lipinski definition) is 3. The number of fused-ring (bicyclic) bond motifs is 3. The van der Waals surface area contributed by atoms with Crippen LogP contribution in [0, 0.1) is 11.8 Å². The molecule has 2 aliphatic carbocycles. The van der Waals surface area contributed by atoms with Crippen LogP contribution in [0.2, 0.25) is 0 Å². The van der Waals surface area contributed by atoms with Crippen molar-refractivity contribution in [3.05, 3.63) is 11.6 Å². The molecule has 0 radical (unpaired) electrons. The third-order valence-electron chi connectivity index (χ3n) is 4.47. The number of aliphatic hydroxyl groups is 1. The Morgan fingerprint density at radius 2 is 1.84 bits per heavy atom. The van der Waals surface area contributed by atoms with Crippen LogP contribution in [-0.4, -0.2) is 50.5 Å². The molecule has 4 rings (SSSR count). The van der Waals surface area contributed by atoms with Crippen molar-refractivity contribution in [2.75, 3.05) is 0 Å². The summed E-state index contributed by atoms with van der Waals surface area (Å²) in [4.78, 5) is 23.7. The van der Waals surface area contributed by atoms with Gasteiger partial charge >= 0.3 is 12.1 Å². The lowest BCUT2D eigenvalue weighted by molar-refractivity contribution is -0.153. The predicted octanol–water partition coefficient (Wildman–Crippen LogP) is 0.909. The van der Waals surface area contributed by atoms with E-state index in [1.54, 1.807) is 0 Å². The van der Waals surface area contributed by atoms with Gasteiger partial charge in [0.15, 0.2) is 0 Å². The first-order valence-corrected chi connectivity index (χ1v) is 6.64. The van der Waals surface area contributed by atoms with E-state index in [0.29, 0.717) is 18.8 Å². The third-order valence-corrected chi connectivity index (χ3v) is 4.47. The van der Waals surface area contributed by atoms with E-state index >= 15 is 0 Å². The fourth-order valence-electron chi connectivity index (χ4n) is 3.45. The first kappa shape index (κ1) is 12.5. The van der Waals surface area contributed by atoms with E-state index in [0.717, 1.165) is 23.3 Å². The van der Waals surface area contributed by atoms with Crippen LogP contribution in [0.4, 0.5) is 4.79 Å². The van der Waals surface area contributed by atoms with E-state index < -0.39 is 36.2 Å². The normalized spacial score (nSPS) is 39.6. The van der Waals surface area contributed by atoms with Crippen molar-refractivity contribution in [2.24, 2.45) is 11.8 Å². The number of carboxylic acids is 1. The number of carboxylic acid groups (broad SMARTS) is 2. The minimum absolute atomic E-state index is 0.433. The third kappa shape index (κ3) is 1.90. The molecule has 19 heavy (non-hydrogen) atoms. The standard InChI is InChI=1S/C13H17NO5/c15-11-7-3-4-9(8(11)5-6-1-2-6)14(13(18)19)10(7)12(16)17/h5-7,9-11,15H,1-4H2,(H,16,17)(H,18,19)/b8-5+/t7-,9-,10-,11-/m0/s1. The van der Waals surface area contributed by atoms with Gasteiger partial charge in [0.2, 0.25) is 0 Å². The lowest BCUT2D eigenvalue weighted by atomic mass is 9.69. The molecule has 6 nitrogen and oxygen atoms in total. The molecule has 3 N–H and O–H groups in total. The van der Waals surface area contributed by atoms with Gasteiger partial charge in [-0.25, -0.2) is 9.59 Å². The van der Waals surface area contributed by atoms with Crippen LogP contribution < -0.4 is 0 Å². The monoisotopic (exact) mass is 267 g/mol. The van der Waals surface area contributed by atoms with E-state index in [1.165, 1.54) is 0 Å². The molecule has 1 amide bonds. The van der Waals surface area contributed by atoms with Gasteiger partial charge in [-0.3, -0.25) is 4.90 Å². The molecule has 0 unspecified atom stereocenters. The molecule has 4 atom stereocenters. The van der Waals surface area contributed by atoms with Crippen molar-refractivity contribution in [3.63, 3.8) is 0 Å². The maximum Gasteiger partial charge on any atom is 0.408 e. The fraction of sp³-hybridized carbons (Fsp3) is 0.692. The van der Waals surface area contributed by atoms with Crippen molar-refractivity contribution in [2.45, 2.75) is 43.9 Å². The highest BCUT2D eigenvalue weighted by Crippen LogP contribution is 2.45. The minimum Gasteiger partial charge on any atom is -0.480 e. The second-order valence-corrected chi connectivity index (χ2v) is 5.68. The number of carbonyl (C=O) groups is 2. The Labute approximate surface area is 110 Å². The Morgan fingerprint density at radius 3 is 2.37 bits per heavy atom. The molecule has 104 valence electrons. The highest BCUT2D eigenvalue weighted by atomic mass is 16.4. The van der Waals surface area contributed by atoms with Crippen LogP contribution in [0.5, 0.6) is 0 Å². The van der Waals surface area contributed by atoms with E-state index in [2.05, 4.69) is 0 Å². The molecule has 4 aliphatic rings. The molecule has 2 bridgehead atoms. The average Bonchev–Trinajstić information content (AvgIpc) is 3.16. The van der Waals surface area contributed by atoms with Crippen LogP contribution in [0.1, 0.15) is 25.7 Å². The summed E-state index contributed by atoms with van der Waals surface area (Å²) in [5.41, 5.74) is 0.721. The van der Waals surface area contributed by atoms with Crippen molar-refractivity contribution in [3.8, 4) is 0 Å². The highest BCUT2D eigenvalue weighted by molar-refractivity contribution is 5.81. The summed E-state index contributed by atoms with van der Waals surface area (Å²) in [5.74, 6) is -1.26. The topological polar surface area (TPSA) is 98.1 Å². The summed E-state index contributed by atoms with van der Waals surface area (Å²) in [6.07, 6.45) is 3.26. The SMILES string of the molecule is O=C(O)[C@@H]1[C@@H]2CC[C@@H](/C(=C\C3CC3)[C@H]2O)N1C(=O)O. The number of nitrogens with zero attached hydrogens (tertiary/aromatic N) is 1. The van der Waals surface area contributed by atoms with Gasteiger partial charge in [-0.15, -0.1) is 0 Å². The van der Waals surface area contributed by atoms with Gasteiger partial charge in [-0.1, -0.05) is 6.08 Å². The molecule has 2 heterocycles. The second-order valence-electron chi connectivity index (χ2n) is 5.68. The predicted molar refractivity (Wildman–Crippen MR) is 64.6 cm³/mol. The zero-order chi connectivity index (χ0) is 13.7. The number of piperidine rings is 2. The van der Waals surface area contributed by atoms with Crippen LogP contribution >= 0.6 is 0 Å². The van der Waals surface area contributed by atoms with E-state index in [1.807, 2.05) is 6.08 Å². The Kier molecular flexibility index (Phi) is 2.78. The maximum absolute atomic E-state index is 11.4. The van der Waals surface area contributed by atoms with Gasteiger partial charge in [0.25, 0.3) is 0 Å². The number of hydrogen-bond acceptors (Lipinski definition) is 3. The molecular formula is C13H17NO5. The Bertz CT molecular complexity index is 456. The van der Waals surface area contributed by atoms with Crippen LogP contribution in [0.3, 0.4) is 0 Å². The quantitative estimate of drug-likeness (QED) is 0.646. The lowest BCUT2D eigenvalue weighted by Gasteiger charge is -2.51. The number of rotatable bonds is 2. The average molecular weight is 267 g/mol. The van der Waals surface area contributed by atoms with Gasteiger partial charge in [0, 0.05) is 5.92 Å².